The molecule has 2 heterocycles. The van der Waals surface area contributed by atoms with Gasteiger partial charge in [-0.25, -0.2) is 4.98 Å². The summed E-state index contributed by atoms with van der Waals surface area (Å²) in [6.07, 6.45) is 3.65. The van der Waals surface area contributed by atoms with Crippen molar-refractivity contribution >= 4 is 17.2 Å². The lowest BCUT2D eigenvalue weighted by Gasteiger charge is -2.20. The molecule has 0 saturated heterocycles. The summed E-state index contributed by atoms with van der Waals surface area (Å²) in [4.78, 5) is 18.4. The molecule has 0 bridgehead atoms. The second-order valence-corrected chi connectivity index (χ2v) is 7.93. The number of hydrogen-bond donors (Lipinski definition) is 1. The molecule has 2 aromatic carbocycles. The second kappa shape index (κ2) is 8.51. The number of thiazole rings is 1. The Morgan fingerprint density at radius 2 is 1.80 bits per heavy atom. The first kappa shape index (κ1) is 19.8. The third-order valence-electron chi connectivity index (χ3n) is 4.81. The number of nitrogens with zero attached hydrogens (tertiary/aromatic N) is 3. The molecular weight excluding hydrogens is 396 g/mol. The monoisotopic (exact) mass is 418 g/mol. The Bertz CT molecular complexity index is 1150. The summed E-state index contributed by atoms with van der Waals surface area (Å²) in [5.74, 6) is 0.626. The van der Waals surface area contributed by atoms with Gasteiger partial charge >= 0.3 is 0 Å². The lowest BCUT2D eigenvalue weighted by Crippen LogP contribution is -2.29. The Morgan fingerprint density at radius 3 is 2.43 bits per heavy atom. The minimum absolute atomic E-state index is 0.148. The van der Waals surface area contributed by atoms with E-state index in [4.69, 9.17) is 4.74 Å². The molecule has 4 aromatic rings. The fourth-order valence-electron chi connectivity index (χ4n) is 3.26. The molecule has 0 spiro atoms. The molecule has 1 unspecified atom stereocenters. The summed E-state index contributed by atoms with van der Waals surface area (Å²) in [5, 5.41) is 8.16. The third-order valence-corrected chi connectivity index (χ3v) is 6.02. The van der Waals surface area contributed by atoms with Gasteiger partial charge in [0.1, 0.15) is 15.6 Å². The first-order valence-corrected chi connectivity index (χ1v) is 10.3. The highest BCUT2D eigenvalue weighted by Crippen LogP contribution is 2.29. The topological polar surface area (TPSA) is 69.0 Å². The van der Waals surface area contributed by atoms with Crippen molar-refractivity contribution < 1.29 is 9.53 Å². The summed E-state index contributed by atoms with van der Waals surface area (Å²) in [6.45, 7) is 1.86. The summed E-state index contributed by atoms with van der Waals surface area (Å²) in [7, 11) is 3.49. The van der Waals surface area contributed by atoms with E-state index in [2.05, 4.69) is 15.4 Å². The highest BCUT2D eigenvalue weighted by Gasteiger charge is 2.22. The van der Waals surface area contributed by atoms with E-state index in [1.807, 2.05) is 74.8 Å². The van der Waals surface area contributed by atoms with Gasteiger partial charge in [-0.3, -0.25) is 9.48 Å². The van der Waals surface area contributed by atoms with Gasteiger partial charge in [-0.15, -0.1) is 11.3 Å². The fourth-order valence-corrected chi connectivity index (χ4v) is 4.20. The quantitative estimate of drug-likeness (QED) is 0.505. The van der Waals surface area contributed by atoms with Crippen LogP contribution in [0, 0.1) is 6.92 Å². The van der Waals surface area contributed by atoms with Crippen LogP contribution in [-0.2, 0) is 7.05 Å². The molecule has 0 aliphatic heterocycles. The fraction of sp³-hybridized carbons (Fsp3) is 0.174. The molecular formula is C23H22N4O2S. The van der Waals surface area contributed by atoms with Crippen LogP contribution in [0.4, 0.5) is 0 Å². The van der Waals surface area contributed by atoms with Crippen LogP contribution in [0.5, 0.6) is 5.75 Å². The number of rotatable bonds is 6. The Hall–Kier alpha value is -3.45. The molecule has 4 rings (SSSR count). The normalized spacial score (nSPS) is 11.8. The van der Waals surface area contributed by atoms with Crippen LogP contribution in [0.25, 0.3) is 10.6 Å². The molecule has 30 heavy (non-hydrogen) atoms. The molecule has 1 N–H and O–H groups in total. The van der Waals surface area contributed by atoms with Crippen LogP contribution >= 0.6 is 11.3 Å². The van der Waals surface area contributed by atoms with Crippen molar-refractivity contribution in [1.82, 2.24) is 20.1 Å². The van der Waals surface area contributed by atoms with Crippen molar-refractivity contribution in [3.05, 3.63) is 88.7 Å². The van der Waals surface area contributed by atoms with E-state index in [9.17, 15) is 4.79 Å². The van der Waals surface area contributed by atoms with Crippen LogP contribution in [0.3, 0.4) is 0 Å². The standard InChI is InChI=1S/C23H22N4O2S/c1-15-21(30-23(25-15)18-13-24-27(2)14-18)22(28)26-20(16-7-5-4-6-8-16)17-9-11-19(29-3)12-10-17/h4-14,20H,1-3H3,(H,26,28). The molecule has 0 fully saturated rings. The minimum atomic E-state index is -0.284. The predicted octanol–water partition coefficient (Wildman–Crippen LogP) is 4.38. The van der Waals surface area contributed by atoms with Gasteiger partial charge in [0.05, 0.1) is 25.0 Å². The average molecular weight is 419 g/mol. The van der Waals surface area contributed by atoms with E-state index >= 15 is 0 Å². The highest BCUT2D eigenvalue weighted by molar-refractivity contribution is 7.17. The van der Waals surface area contributed by atoms with Crippen LogP contribution in [0.1, 0.15) is 32.5 Å². The zero-order valence-corrected chi connectivity index (χ0v) is 17.8. The van der Waals surface area contributed by atoms with Crippen molar-refractivity contribution in [2.24, 2.45) is 7.05 Å². The average Bonchev–Trinajstić information content (AvgIpc) is 3.38. The summed E-state index contributed by atoms with van der Waals surface area (Å²) in [5.41, 5.74) is 3.59. The zero-order valence-electron chi connectivity index (χ0n) is 17.0. The van der Waals surface area contributed by atoms with E-state index in [0.29, 0.717) is 10.6 Å². The van der Waals surface area contributed by atoms with E-state index in [0.717, 1.165) is 27.4 Å². The summed E-state index contributed by atoms with van der Waals surface area (Å²) in [6, 6.07) is 17.4. The molecule has 0 radical (unpaired) electrons. The SMILES string of the molecule is COc1ccc(C(NC(=O)c2sc(-c3cnn(C)c3)nc2C)c2ccccc2)cc1. The Morgan fingerprint density at radius 1 is 1.10 bits per heavy atom. The summed E-state index contributed by atoms with van der Waals surface area (Å²) >= 11 is 1.38. The molecule has 1 amide bonds. The number of methoxy groups -OCH3 is 1. The Labute approximate surface area is 179 Å². The number of benzene rings is 2. The van der Waals surface area contributed by atoms with Crippen LogP contribution in [-0.4, -0.2) is 27.8 Å². The van der Waals surface area contributed by atoms with Crippen LogP contribution in [0.15, 0.2) is 67.0 Å². The molecule has 2 aromatic heterocycles. The first-order chi connectivity index (χ1) is 14.5. The highest BCUT2D eigenvalue weighted by atomic mass is 32.1. The number of carbonyl (C=O) groups excluding carboxylic acids is 1. The van der Waals surface area contributed by atoms with E-state index in [-0.39, 0.29) is 11.9 Å². The number of aromatic nitrogens is 3. The predicted molar refractivity (Wildman–Crippen MR) is 118 cm³/mol. The largest absolute Gasteiger partial charge is 0.497 e. The molecule has 7 heteroatoms. The lowest BCUT2D eigenvalue weighted by molar-refractivity contribution is 0.0946. The first-order valence-electron chi connectivity index (χ1n) is 9.51. The van der Waals surface area contributed by atoms with Gasteiger partial charge in [0.15, 0.2) is 0 Å². The molecule has 0 aliphatic rings. The molecule has 1 atom stereocenters. The zero-order chi connectivity index (χ0) is 21.1. The van der Waals surface area contributed by atoms with Crippen molar-refractivity contribution in [2.45, 2.75) is 13.0 Å². The number of carbonyl (C=O) groups is 1. The van der Waals surface area contributed by atoms with Crippen molar-refractivity contribution in [3.63, 3.8) is 0 Å². The van der Waals surface area contributed by atoms with Gasteiger partial charge in [-0.05, 0) is 30.2 Å². The minimum Gasteiger partial charge on any atom is -0.497 e. The maximum atomic E-state index is 13.2. The number of aryl methyl sites for hydroxylation is 2. The van der Waals surface area contributed by atoms with Crippen LogP contribution < -0.4 is 10.1 Å². The van der Waals surface area contributed by atoms with Gasteiger partial charge in [0.2, 0.25) is 0 Å². The van der Waals surface area contributed by atoms with E-state index < -0.39 is 0 Å². The van der Waals surface area contributed by atoms with Gasteiger partial charge < -0.3 is 10.1 Å². The smallest absolute Gasteiger partial charge is 0.264 e. The lowest BCUT2D eigenvalue weighted by atomic mass is 9.98. The Balaban J connectivity index is 1.64. The summed E-state index contributed by atoms with van der Waals surface area (Å²) < 4.78 is 6.99. The molecule has 0 saturated carbocycles. The molecule has 0 aliphatic carbocycles. The van der Waals surface area contributed by atoms with Gasteiger partial charge in [0, 0.05) is 18.8 Å². The molecule has 152 valence electrons. The van der Waals surface area contributed by atoms with Crippen LogP contribution in [0.2, 0.25) is 0 Å². The van der Waals surface area contributed by atoms with Crippen molar-refractivity contribution in [1.29, 1.82) is 0 Å². The number of ether oxygens (including phenoxy) is 1. The van der Waals surface area contributed by atoms with Crippen molar-refractivity contribution in [2.75, 3.05) is 7.11 Å². The maximum absolute atomic E-state index is 13.2. The maximum Gasteiger partial charge on any atom is 0.264 e. The second-order valence-electron chi connectivity index (χ2n) is 6.93. The number of amides is 1. The number of hydrogen-bond acceptors (Lipinski definition) is 5. The molecule has 6 nitrogen and oxygen atoms in total. The van der Waals surface area contributed by atoms with E-state index in [1.165, 1.54) is 11.3 Å². The van der Waals surface area contributed by atoms with Gasteiger partial charge in [-0.2, -0.15) is 5.10 Å². The number of nitrogens with one attached hydrogen (secondary N) is 1. The Kier molecular flexibility index (Phi) is 5.63. The van der Waals surface area contributed by atoms with Gasteiger partial charge in [0.25, 0.3) is 5.91 Å². The van der Waals surface area contributed by atoms with E-state index in [1.54, 1.807) is 18.0 Å². The van der Waals surface area contributed by atoms with Gasteiger partial charge in [-0.1, -0.05) is 42.5 Å². The van der Waals surface area contributed by atoms with Crippen molar-refractivity contribution in [3.8, 4) is 16.3 Å². The third kappa shape index (κ3) is 4.11.